The normalized spacial score (nSPS) is 17.9. The molecule has 3 rings (SSSR count). The second-order valence-corrected chi connectivity index (χ2v) is 4.53. The molecule has 0 aliphatic carbocycles. The Labute approximate surface area is 115 Å². The lowest BCUT2D eigenvalue weighted by Crippen LogP contribution is -2.22. The van der Waals surface area contributed by atoms with Gasteiger partial charge in [0.1, 0.15) is 29.5 Å². The van der Waals surface area contributed by atoms with Gasteiger partial charge in [0, 0.05) is 5.39 Å². The molecule has 20 heavy (non-hydrogen) atoms. The van der Waals surface area contributed by atoms with E-state index < -0.39 is 6.09 Å². The van der Waals surface area contributed by atoms with Gasteiger partial charge in [-0.3, -0.25) is 0 Å². The fourth-order valence-corrected chi connectivity index (χ4v) is 2.09. The van der Waals surface area contributed by atoms with E-state index in [1.54, 1.807) is 13.0 Å². The van der Waals surface area contributed by atoms with Crippen LogP contribution >= 0.6 is 0 Å². The smallest absolute Gasteiger partial charge is 0.407 e. The van der Waals surface area contributed by atoms with Gasteiger partial charge >= 0.3 is 6.09 Å². The van der Waals surface area contributed by atoms with Crippen LogP contribution in [0.5, 0.6) is 5.75 Å². The summed E-state index contributed by atoms with van der Waals surface area (Å²) in [6.45, 7) is 2.48. The molecule has 1 aromatic heterocycles. The van der Waals surface area contributed by atoms with E-state index in [1.807, 2.05) is 12.1 Å². The van der Waals surface area contributed by atoms with Gasteiger partial charge in [-0.25, -0.2) is 14.8 Å². The molecule has 0 spiro atoms. The first-order valence-corrected chi connectivity index (χ1v) is 6.23. The van der Waals surface area contributed by atoms with Gasteiger partial charge in [-0.05, 0) is 19.1 Å². The van der Waals surface area contributed by atoms with Crippen molar-refractivity contribution in [3.8, 4) is 5.75 Å². The standard InChI is InChI=1S/C13H14N4O3/c1-7-16-11-9(12(14)17-7)3-2-4-10(11)19-6-8-5-15-13(18)20-8/h2-4,8H,5-6H2,1H3,(H,15,18)(H2,14,16,17). The van der Waals surface area contributed by atoms with Crippen molar-refractivity contribution >= 4 is 22.8 Å². The lowest BCUT2D eigenvalue weighted by Gasteiger charge is -2.12. The zero-order chi connectivity index (χ0) is 14.1. The van der Waals surface area contributed by atoms with Crippen molar-refractivity contribution < 1.29 is 14.3 Å². The number of aromatic nitrogens is 2. The second kappa shape index (κ2) is 4.84. The molecule has 1 unspecified atom stereocenters. The van der Waals surface area contributed by atoms with Crippen LogP contribution in [0.1, 0.15) is 5.82 Å². The van der Waals surface area contributed by atoms with Crippen LogP contribution in [0.4, 0.5) is 10.6 Å². The summed E-state index contributed by atoms with van der Waals surface area (Å²) in [5, 5.41) is 3.32. The number of benzene rings is 1. The molecule has 0 bridgehead atoms. The minimum Gasteiger partial charge on any atom is -0.487 e. The van der Waals surface area contributed by atoms with E-state index in [9.17, 15) is 4.79 Å². The predicted octanol–water partition coefficient (Wildman–Crippen LogP) is 1.01. The van der Waals surface area contributed by atoms with Crippen LogP contribution in [0, 0.1) is 6.92 Å². The molecule has 1 aromatic carbocycles. The van der Waals surface area contributed by atoms with E-state index in [0.717, 1.165) is 5.39 Å². The van der Waals surface area contributed by atoms with Gasteiger partial charge in [-0.2, -0.15) is 0 Å². The summed E-state index contributed by atoms with van der Waals surface area (Å²) >= 11 is 0. The van der Waals surface area contributed by atoms with Gasteiger partial charge < -0.3 is 20.5 Å². The third-order valence-corrected chi connectivity index (χ3v) is 3.00. The number of ether oxygens (including phenoxy) is 2. The Kier molecular flexibility index (Phi) is 3.02. The number of hydrogen-bond donors (Lipinski definition) is 2. The molecule has 1 amide bonds. The average molecular weight is 274 g/mol. The first kappa shape index (κ1) is 12.5. The molecule has 2 heterocycles. The fourth-order valence-electron chi connectivity index (χ4n) is 2.09. The van der Waals surface area contributed by atoms with Crippen LogP contribution in [-0.2, 0) is 4.74 Å². The largest absolute Gasteiger partial charge is 0.487 e. The monoisotopic (exact) mass is 274 g/mol. The van der Waals surface area contributed by atoms with Crippen LogP contribution in [0.25, 0.3) is 10.9 Å². The summed E-state index contributed by atoms with van der Waals surface area (Å²) in [7, 11) is 0. The molecule has 7 heteroatoms. The Morgan fingerprint density at radius 3 is 3.10 bits per heavy atom. The van der Waals surface area contributed by atoms with Gasteiger partial charge in [0.15, 0.2) is 6.10 Å². The number of para-hydroxylation sites is 1. The number of hydrogen-bond acceptors (Lipinski definition) is 6. The summed E-state index contributed by atoms with van der Waals surface area (Å²) in [5.74, 6) is 1.61. The third kappa shape index (κ3) is 2.29. The molecular formula is C13H14N4O3. The van der Waals surface area contributed by atoms with Gasteiger partial charge in [-0.1, -0.05) is 6.07 Å². The molecular weight excluding hydrogens is 260 g/mol. The number of carbonyl (C=O) groups excluding carboxylic acids is 1. The Morgan fingerprint density at radius 1 is 1.50 bits per heavy atom. The van der Waals surface area contributed by atoms with Crippen molar-refractivity contribution in [2.24, 2.45) is 0 Å². The predicted molar refractivity (Wildman–Crippen MR) is 72.5 cm³/mol. The number of fused-ring (bicyclic) bond motifs is 1. The van der Waals surface area contributed by atoms with Gasteiger partial charge in [0.25, 0.3) is 0 Å². The zero-order valence-electron chi connectivity index (χ0n) is 10.9. The van der Waals surface area contributed by atoms with E-state index in [4.69, 9.17) is 15.2 Å². The summed E-state index contributed by atoms with van der Waals surface area (Å²) in [4.78, 5) is 19.4. The number of nitrogens with zero attached hydrogens (tertiary/aromatic N) is 2. The number of carbonyl (C=O) groups is 1. The number of alkyl carbamates (subject to hydrolysis) is 1. The molecule has 2 aromatic rings. The first-order valence-electron chi connectivity index (χ1n) is 6.23. The van der Waals surface area contributed by atoms with Crippen molar-refractivity contribution in [3.05, 3.63) is 24.0 Å². The quantitative estimate of drug-likeness (QED) is 0.866. The van der Waals surface area contributed by atoms with Crippen molar-refractivity contribution in [2.45, 2.75) is 13.0 Å². The average Bonchev–Trinajstić information content (AvgIpc) is 2.82. The van der Waals surface area contributed by atoms with Crippen molar-refractivity contribution in [2.75, 3.05) is 18.9 Å². The van der Waals surface area contributed by atoms with Crippen molar-refractivity contribution in [3.63, 3.8) is 0 Å². The lowest BCUT2D eigenvalue weighted by atomic mass is 10.2. The third-order valence-electron chi connectivity index (χ3n) is 3.00. The highest BCUT2D eigenvalue weighted by Crippen LogP contribution is 2.27. The van der Waals surface area contributed by atoms with Crippen molar-refractivity contribution in [1.29, 1.82) is 0 Å². The number of anilines is 1. The maximum Gasteiger partial charge on any atom is 0.407 e. The van der Waals surface area contributed by atoms with Crippen molar-refractivity contribution in [1.82, 2.24) is 15.3 Å². The number of cyclic esters (lactones) is 1. The van der Waals surface area contributed by atoms with Crippen LogP contribution in [0.2, 0.25) is 0 Å². The molecule has 1 saturated heterocycles. The second-order valence-electron chi connectivity index (χ2n) is 4.53. The molecule has 1 aliphatic rings. The molecule has 7 nitrogen and oxygen atoms in total. The number of nitrogens with two attached hydrogens (primary N) is 1. The molecule has 0 radical (unpaired) electrons. The SMILES string of the molecule is Cc1nc(N)c2cccc(OCC3CNC(=O)O3)c2n1. The highest BCUT2D eigenvalue weighted by Gasteiger charge is 2.23. The Hall–Kier alpha value is -2.57. The number of amides is 1. The summed E-state index contributed by atoms with van der Waals surface area (Å²) in [6, 6.07) is 5.47. The highest BCUT2D eigenvalue weighted by atomic mass is 16.6. The molecule has 1 fully saturated rings. The number of rotatable bonds is 3. The molecule has 0 saturated carbocycles. The molecule has 1 aliphatic heterocycles. The maximum absolute atomic E-state index is 10.9. The Morgan fingerprint density at radius 2 is 2.35 bits per heavy atom. The van der Waals surface area contributed by atoms with Gasteiger partial charge in [0.2, 0.25) is 0 Å². The minimum absolute atomic E-state index is 0.265. The summed E-state index contributed by atoms with van der Waals surface area (Å²) < 4.78 is 10.7. The van der Waals surface area contributed by atoms with E-state index in [2.05, 4.69) is 15.3 Å². The molecule has 3 N–H and O–H groups in total. The van der Waals surface area contributed by atoms with Gasteiger partial charge in [-0.15, -0.1) is 0 Å². The number of nitrogen functional groups attached to an aromatic ring is 1. The number of aryl methyl sites for hydroxylation is 1. The maximum atomic E-state index is 10.9. The first-order chi connectivity index (χ1) is 9.63. The zero-order valence-corrected chi connectivity index (χ0v) is 10.9. The van der Waals surface area contributed by atoms with Crippen LogP contribution < -0.4 is 15.8 Å². The Balaban J connectivity index is 1.86. The Bertz CT molecular complexity index is 674. The topological polar surface area (TPSA) is 99.4 Å². The van der Waals surface area contributed by atoms with E-state index in [-0.39, 0.29) is 12.7 Å². The van der Waals surface area contributed by atoms with E-state index in [0.29, 0.717) is 29.5 Å². The van der Waals surface area contributed by atoms with Crippen LogP contribution in [-0.4, -0.2) is 35.3 Å². The summed E-state index contributed by atoms with van der Waals surface area (Å²) in [6.07, 6.45) is -0.711. The molecule has 104 valence electrons. The van der Waals surface area contributed by atoms with Crippen LogP contribution in [0.3, 0.4) is 0 Å². The van der Waals surface area contributed by atoms with E-state index in [1.165, 1.54) is 0 Å². The summed E-state index contributed by atoms with van der Waals surface area (Å²) in [5.41, 5.74) is 6.54. The number of nitrogens with one attached hydrogen (secondary N) is 1. The lowest BCUT2D eigenvalue weighted by molar-refractivity contribution is 0.105. The molecule has 1 atom stereocenters. The van der Waals surface area contributed by atoms with Gasteiger partial charge in [0.05, 0.1) is 6.54 Å². The highest BCUT2D eigenvalue weighted by molar-refractivity contribution is 5.92. The minimum atomic E-state index is -0.418. The fraction of sp³-hybridized carbons (Fsp3) is 0.308. The van der Waals surface area contributed by atoms with E-state index >= 15 is 0 Å². The van der Waals surface area contributed by atoms with Crippen LogP contribution in [0.15, 0.2) is 18.2 Å².